The van der Waals surface area contributed by atoms with Crippen molar-refractivity contribution >= 4 is 53.4 Å². The van der Waals surface area contributed by atoms with Crippen molar-refractivity contribution in [3.63, 3.8) is 0 Å². The van der Waals surface area contributed by atoms with Crippen molar-refractivity contribution in [2.24, 2.45) is 0 Å². The molecular formula is C40H25N3S. The van der Waals surface area contributed by atoms with E-state index in [9.17, 15) is 2.74 Å². The van der Waals surface area contributed by atoms with Gasteiger partial charge in [0.2, 0.25) is 0 Å². The molecule has 0 atom stereocenters. The molecule has 0 aliphatic heterocycles. The van der Waals surface area contributed by atoms with Crippen molar-refractivity contribution in [2.45, 2.75) is 0 Å². The Morgan fingerprint density at radius 2 is 1.34 bits per heavy atom. The zero-order valence-corrected chi connectivity index (χ0v) is 23.6. The van der Waals surface area contributed by atoms with Crippen LogP contribution < -0.4 is 0 Å². The minimum Gasteiger partial charge on any atom is -0.309 e. The maximum absolute atomic E-state index is 9.44. The lowest BCUT2D eigenvalue weighted by Gasteiger charge is -2.11. The summed E-state index contributed by atoms with van der Waals surface area (Å²) in [7, 11) is 0. The van der Waals surface area contributed by atoms with Gasteiger partial charge in [0, 0.05) is 37.7 Å². The minimum absolute atomic E-state index is 0.0621. The lowest BCUT2D eigenvalue weighted by Crippen LogP contribution is -1.97. The van der Waals surface area contributed by atoms with Gasteiger partial charge < -0.3 is 4.57 Å². The van der Waals surface area contributed by atoms with Crippen LogP contribution in [0.15, 0.2) is 151 Å². The van der Waals surface area contributed by atoms with E-state index in [4.69, 9.17) is 23.7 Å². The summed E-state index contributed by atoms with van der Waals surface area (Å²) < 4.78 is 108. The minimum atomic E-state index is -0.682. The summed E-state index contributed by atoms with van der Waals surface area (Å²) in [6, 6.07) is 17.6. The molecule has 0 fully saturated rings. The molecule has 3 nitrogen and oxygen atoms in total. The Hall–Kier alpha value is -5.58. The Labute approximate surface area is 275 Å². The molecule has 206 valence electrons. The highest BCUT2D eigenvalue weighted by Gasteiger charge is 2.18. The molecule has 9 rings (SSSR count). The summed E-state index contributed by atoms with van der Waals surface area (Å²) in [5.74, 6) is 0.376. The lowest BCUT2D eigenvalue weighted by atomic mass is 10.0. The van der Waals surface area contributed by atoms with Crippen molar-refractivity contribution in [1.29, 1.82) is 0 Å². The monoisotopic (exact) mass is 591 g/mol. The molecule has 3 aromatic heterocycles. The van der Waals surface area contributed by atoms with Gasteiger partial charge in [0.05, 0.1) is 43.4 Å². The van der Waals surface area contributed by atoms with Gasteiger partial charge in [0.25, 0.3) is 0 Å². The molecular weight excluding hydrogens is 555 g/mol. The van der Waals surface area contributed by atoms with Gasteiger partial charge in [-0.25, -0.2) is 9.97 Å². The van der Waals surface area contributed by atoms with Gasteiger partial charge in [-0.3, -0.25) is 0 Å². The molecule has 0 aliphatic rings. The normalized spacial score (nSPS) is 15.5. The van der Waals surface area contributed by atoms with Crippen LogP contribution in [-0.4, -0.2) is 14.5 Å². The molecule has 0 bridgehead atoms. The highest BCUT2D eigenvalue weighted by Crippen LogP contribution is 2.40. The topological polar surface area (TPSA) is 30.7 Å². The fourth-order valence-corrected chi connectivity index (χ4v) is 6.72. The average molecular weight is 592 g/mol. The quantitative estimate of drug-likeness (QED) is 0.204. The first-order valence-corrected chi connectivity index (χ1v) is 14.6. The first kappa shape index (κ1) is 15.8. The van der Waals surface area contributed by atoms with Crippen LogP contribution in [0, 0.1) is 0 Å². The third-order valence-corrected chi connectivity index (χ3v) is 8.70. The second-order valence-electron chi connectivity index (χ2n) is 10.1. The molecule has 9 aromatic rings. The van der Waals surface area contributed by atoms with Crippen molar-refractivity contribution in [2.75, 3.05) is 0 Å². The standard InChI is InChI=1S/C40H25N3S/c1-3-12-26(13-4-1)28-22-23-35-33(25-28)31-18-7-9-20-34(31)43(35)30-17-11-16-29(24-30)40-41-37(27-14-5-2-6-15-27)39-38(42-40)32-19-8-10-21-36(32)44-39/h1-25H/i1D,3D,4D,7D,9D,12D,13D,18D,20D,22D,23D,25D. The molecule has 0 saturated carbocycles. The average Bonchev–Trinajstić information content (AvgIpc) is 3.78. The summed E-state index contributed by atoms with van der Waals surface area (Å²) in [5.41, 5.74) is 2.25. The zero-order chi connectivity index (χ0) is 39.5. The second-order valence-corrected chi connectivity index (χ2v) is 11.2. The Balaban J connectivity index is 1.38. The lowest BCUT2D eigenvalue weighted by molar-refractivity contribution is 1.17. The Morgan fingerprint density at radius 3 is 2.25 bits per heavy atom. The number of nitrogens with zero attached hydrogens (tertiary/aromatic N) is 3. The number of rotatable bonds is 4. The van der Waals surface area contributed by atoms with Gasteiger partial charge >= 0.3 is 0 Å². The first-order chi connectivity index (χ1) is 26.8. The SMILES string of the molecule is [2H]c1c([2H])c([2H])c(-c2c([2H])c([2H])c3c(c2[2H])c2c([2H])c([2H])c([2H])c([2H])c2n3-c2cccc(-c3nc(-c4ccccc4)c4sc5ccccc5c4n3)c2)c([2H])c1[2H]. The van der Waals surface area contributed by atoms with Crippen LogP contribution in [-0.2, 0) is 0 Å². The number of hydrogen-bond acceptors (Lipinski definition) is 3. The predicted molar refractivity (Wildman–Crippen MR) is 186 cm³/mol. The van der Waals surface area contributed by atoms with Crippen molar-refractivity contribution < 1.29 is 16.4 Å². The number of para-hydroxylation sites is 1. The van der Waals surface area contributed by atoms with Crippen LogP contribution in [0.3, 0.4) is 0 Å². The molecule has 6 aromatic carbocycles. The summed E-state index contributed by atoms with van der Waals surface area (Å²) in [6.07, 6.45) is 0. The van der Waals surface area contributed by atoms with E-state index in [2.05, 4.69) is 0 Å². The van der Waals surface area contributed by atoms with Crippen LogP contribution >= 0.6 is 11.3 Å². The highest BCUT2D eigenvalue weighted by atomic mass is 32.1. The fraction of sp³-hybridized carbons (Fsp3) is 0. The Bertz CT molecular complexity index is 3150. The summed E-state index contributed by atoms with van der Waals surface area (Å²) in [4.78, 5) is 10.1. The van der Waals surface area contributed by atoms with E-state index in [1.165, 1.54) is 4.57 Å². The third-order valence-electron chi connectivity index (χ3n) is 7.54. The van der Waals surface area contributed by atoms with E-state index >= 15 is 0 Å². The number of aromatic nitrogens is 3. The molecule has 0 amide bonds. The molecule has 0 unspecified atom stereocenters. The van der Waals surface area contributed by atoms with Crippen LogP contribution in [0.4, 0.5) is 0 Å². The number of fused-ring (bicyclic) bond motifs is 6. The van der Waals surface area contributed by atoms with Crippen LogP contribution in [0.25, 0.3) is 81.6 Å². The van der Waals surface area contributed by atoms with E-state index in [1.807, 2.05) is 54.6 Å². The van der Waals surface area contributed by atoms with Gasteiger partial charge in [-0.2, -0.15) is 0 Å². The number of benzene rings is 6. The van der Waals surface area contributed by atoms with Gasteiger partial charge in [-0.1, -0.05) is 115 Å². The summed E-state index contributed by atoms with van der Waals surface area (Å²) >= 11 is 1.59. The fourth-order valence-electron chi connectivity index (χ4n) is 5.57. The van der Waals surface area contributed by atoms with Crippen LogP contribution in [0.1, 0.15) is 16.4 Å². The van der Waals surface area contributed by atoms with Crippen molar-refractivity contribution in [1.82, 2.24) is 14.5 Å². The third kappa shape index (κ3) is 3.96. The van der Waals surface area contributed by atoms with Gasteiger partial charge in [0.15, 0.2) is 5.82 Å². The predicted octanol–water partition coefficient (Wildman–Crippen LogP) is 10.9. The largest absolute Gasteiger partial charge is 0.309 e. The Kier molecular flexibility index (Phi) is 3.59. The highest BCUT2D eigenvalue weighted by molar-refractivity contribution is 7.26. The van der Waals surface area contributed by atoms with Crippen LogP contribution in [0.5, 0.6) is 0 Å². The molecule has 0 N–H and O–H groups in total. The second kappa shape index (κ2) is 10.0. The molecule has 0 saturated heterocycles. The van der Waals surface area contributed by atoms with Crippen molar-refractivity contribution in [3.8, 4) is 39.5 Å². The maximum Gasteiger partial charge on any atom is 0.160 e. The molecule has 0 radical (unpaired) electrons. The van der Waals surface area contributed by atoms with Gasteiger partial charge in [-0.05, 0) is 47.5 Å². The molecule has 3 heterocycles. The summed E-state index contributed by atoms with van der Waals surface area (Å²) in [6.45, 7) is 0. The maximum atomic E-state index is 9.44. The van der Waals surface area contributed by atoms with E-state index < -0.39 is 83.6 Å². The number of thiophene rings is 1. The van der Waals surface area contributed by atoms with Gasteiger partial charge in [0.1, 0.15) is 0 Å². The Morgan fingerprint density at radius 1 is 0.568 bits per heavy atom. The van der Waals surface area contributed by atoms with E-state index in [0.717, 1.165) is 31.6 Å². The van der Waals surface area contributed by atoms with E-state index in [1.54, 1.807) is 35.6 Å². The molecule has 4 heteroatoms. The zero-order valence-electron chi connectivity index (χ0n) is 34.8. The van der Waals surface area contributed by atoms with Crippen molar-refractivity contribution in [3.05, 3.63) is 151 Å². The van der Waals surface area contributed by atoms with Gasteiger partial charge in [-0.15, -0.1) is 11.3 Å². The molecule has 0 spiro atoms. The smallest absolute Gasteiger partial charge is 0.160 e. The van der Waals surface area contributed by atoms with E-state index in [0.29, 0.717) is 17.1 Å². The van der Waals surface area contributed by atoms with Crippen LogP contribution in [0.2, 0.25) is 0 Å². The molecule has 0 aliphatic carbocycles. The van der Waals surface area contributed by atoms with E-state index in [-0.39, 0.29) is 21.8 Å². The first-order valence-electron chi connectivity index (χ1n) is 19.8. The number of hydrogen-bond donors (Lipinski definition) is 0. The summed E-state index contributed by atoms with van der Waals surface area (Å²) in [5, 5.41) is 0.717. The molecule has 44 heavy (non-hydrogen) atoms.